The second-order valence-electron chi connectivity index (χ2n) is 2.49. The van der Waals surface area contributed by atoms with Crippen molar-refractivity contribution in [2.45, 2.75) is 18.4 Å². The Morgan fingerprint density at radius 2 is 1.40 bits per heavy atom. The first kappa shape index (κ1) is 8.20. The van der Waals surface area contributed by atoms with Crippen LogP contribution in [0.5, 0.6) is 0 Å². The lowest BCUT2D eigenvalue weighted by atomic mass is 11.0. The van der Waals surface area contributed by atoms with Crippen molar-refractivity contribution in [3.05, 3.63) is 0 Å². The van der Waals surface area contributed by atoms with E-state index in [1.165, 1.54) is 12.8 Å². The van der Waals surface area contributed by atoms with Crippen LogP contribution in [0, 0.1) is 0 Å². The maximum absolute atomic E-state index is 5.25. The van der Waals surface area contributed by atoms with Gasteiger partial charge in [-0.2, -0.15) is 0 Å². The maximum Gasteiger partial charge on any atom is 0.503 e. The Bertz CT molecular complexity index is 101. The first-order valence-electron chi connectivity index (χ1n) is 3.44. The lowest BCUT2D eigenvalue weighted by Gasteiger charge is -2.23. The summed E-state index contributed by atoms with van der Waals surface area (Å²) in [5.74, 6) is 0. The Kier molecular flexibility index (Phi) is 2.46. The van der Waals surface area contributed by atoms with Gasteiger partial charge >= 0.3 is 8.80 Å². The molecule has 0 aliphatic heterocycles. The van der Waals surface area contributed by atoms with Gasteiger partial charge < -0.3 is 13.3 Å². The average Bonchev–Trinajstić information content (AvgIpc) is 2.77. The van der Waals surface area contributed by atoms with E-state index in [0.717, 1.165) is 0 Å². The standard InChI is InChI=1S/C6H14O3Si/c1-7-10(8-2,9-3)6-4-5-6/h6H,4-5H2,1-3H3. The zero-order chi connectivity index (χ0) is 7.61. The summed E-state index contributed by atoms with van der Waals surface area (Å²) in [4.78, 5) is 0. The minimum Gasteiger partial charge on any atom is -0.377 e. The molecule has 1 fully saturated rings. The first-order chi connectivity index (χ1) is 4.79. The molecule has 0 unspecified atom stereocenters. The molecule has 0 amide bonds. The van der Waals surface area contributed by atoms with Gasteiger partial charge in [-0.05, 0) is 12.8 Å². The highest BCUT2D eigenvalue weighted by Crippen LogP contribution is 2.45. The fraction of sp³-hybridized carbons (Fsp3) is 1.00. The van der Waals surface area contributed by atoms with Gasteiger partial charge in [0, 0.05) is 26.9 Å². The molecular weight excluding hydrogens is 148 g/mol. The van der Waals surface area contributed by atoms with Crippen LogP contribution < -0.4 is 0 Å². The van der Waals surface area contributed by atoms with Crippen LogP contribution in [-0.2, 0) is 13.3 Å². The second kappa shape index (κ2) is 3.00. The van der Waals surface area contributed by atoms with Crippen molar-refractivity contribution < 1.29 is 13.3 Å². The van der Waals surface area contributed by atoms with Crippen LogP contribution in [0.15, 0.2) is 0 Å². The van der Waals surface area contributed by atoms with Gasteiger partial charge in [-0.25, -0.2) is 0 Å². The SMILES string of the molecule is CO[Si](OC)(OC)C1CC1. The Hall–Kier alpha value is 0.0969. The first-order valence-corrected chi connectivity index (χ1v) is 5.24. The Morgan fingerprint density at radius 3 is 1.50 bits per heavy atom. The van der Waals surface area contributed by atoms with Crippen molar-refractivity contribution in [2.75, 3.05) is 21.3 Å². The van der Waals surface area contributed by atoms with E-state index in [9.17, 15) is 0 Å². The molecule has 10 heavy (non-hydrogen) atoms. The van der Waals surface area contributed by atoms with Crippen molar-refractivity contribution in [3.8, 4) is 0 Å². The van der Waals surface area contributed by atoms with E-state index in [2.05, 4.69) is 0 Å². The fourth-order valence-corrected chi connectivity index (χ4v) is 3.56. The van der Waals surface area contributed by atoms with Crippen LogP contribution in [0.3, 0.4) is 0 Å². The molecule has 1 aliphatic rings. The summed E-state index contributed by atoms with van der Waals surface area (Å²) < 4.78 is 15.8. The lowest BCUT2D eigenvalue weighted by molar-refractivity contribution is 0.121. The summed E-state index contributed by atoms with van der Waals surface area (Å²) in [5, 5.41) is 0. The minimum atomic E-state index is -2.18. The number of hydrogen-bond donors (Lipinski definition) is 0. The summed E-state index contributed by atoms with van der Waals surface area (Å²) in [6.07, 6.45) is 2.39. The maximum atomic E-state index is 5.25. The molecule has 0 atom stereocenters. The summed E-state index contributed by atoms with van der Waals surface area (Å²) in [7, 11) is 2.81. The molecule has 0 aromatic heterocycles. The van der Waals surface area contributed by atoms with Crippen LogP contribution in [0.2, 0.25) is 5.54 Å². The fourth-order valence-electron chi connectivity index (χ4n) is 1.19. The van der Waals surface area contributed by atoms with Crippen molar-refractivity contribution >= 4 is 8.80 Å². The molecule has 1 aliphatic carbocycles. The van der Waals surface area contributed by atoms with Gasteiger partial charge in [0.1, 0.15) is 0 Å². The van der Waals surface area contributed by atoms with Gasteiger partial charge in [0.25, 0.3) is 0 Å². The van der Waals surface area contributed by atoms with Crippen molar-refractivity contribution in [1.82, 2.24) is 0 Å². The quantitative estimate of drug-likeness (QED) is 0.578. The van der Waals surface area contributed by atoms with E-state index < -0.39 is 8.80 Å². The summed E-state index contributed by atoms with van der Waals surface area (Å²) in [6, 6.07) is 0. The van der Waals surface area contributed by atoms with E-state index in [4.69, 9.17) is 13.3 Å². The molecule has 4 heteroatoms. The monoisotopic (exact) mass is 162 g/mol. The number of hydrogen-bond acceptors (Lipinski definition) is 3. The second-order valence-corrected chi connectivity index (χ2v) is 5.74. The molecule has 0 N–H and O–H groups in total. The molecule has 0 spiro atoms. The van der Waals surface area contributed by atoms with Crippen molar-refractivity contribution in [1.29, 1.82) is 0 Å². The molecular formula is C6H14O3Si. The Labute approximate surface area is 62.6 Å². The zero-order valence-corrected chi connectivity index (χ0v) is 7.72. The molecule has 1 saturated carbocycles. The third-order valence-corrected chi connectivity index (χ3v) is 5.22. The van der Waals surface area contributed by atoms with E-state index in [1.54, 1.807) is 21.3 Å². The highest BCUT2D eigenvalue weighted by Gasteiger charge is 2.53. The van der Waals surface area contributed by atoms with Crippen LogP contribution in [0.1, 0.15) is 12.8 Å². The van der Waals surface area contributed by atoms with Gasteiger partial charge in [0.05, 0.1) is 0 Å². The minimum absolute atomic E-state index is 0.562. The predicted octanol–water partition coefficient (Wildman–Crippen LogP) is 1.03. The van der Waals surface area contributed by atoms with E-state index in [1.807, 2.05) is 0 Å². The number of rotatable bonds is 4. The summed E-state index contributed by atoms with van der Waals surface area (Å²) in [5.41, 5.74) is 0.562. The Balaban J connectivity index is 2.52. The zero-order valence-electron chi connectivity index (χ0n) is 6.72. The van der Waals surface area contributed by atoms with Gasteiger partial charge in [0.15, 0.2) is 0 Å². The molecule has 3 nitrogen and oxygen atoms in total. The highest BCUT2D eigenvalue weighted by atomic mass is 28.4. The van der Waals surface area contributed by atoms with Crippen LogP contribution in [-0.4, -0.2) is 30.1 Å². The third kappa shape index (κ3) is 1.25. The van der Waals surface area contributed by atoms with Crippen molar-refractivity contribution in [2.24, 2.45) is 0 Å². The molecule has 1 rings (SSSR count). The smallest absolute Gasteiger partial charge is 0.377 e. The van der Waals surface area contributed by atoms with Crippen LogP contribution >= 0.6 is 0 Å². The highest BCUT2D eigenvalue weighted by molar-refractivity contribution is 6.63. The van der Waals surface area contributed by atoms with Gasteiger partial charge in [-0.1, -0.05) is 0 Å². The Morgan fingerprint density at radius 1 is 1.00 bits per heavy atom. The topological polar surface area (TPSA) is 27.7 Å². The molecule has 0 heterocycles. The van der Waals surface area contributed by atoms with Crippen LogP contribution in [0.4, 0.5) is 0 Å². The van der Waals surface area contributed by atoms with Crippen molar-refractivity contribution in [3.63, 3.8) is 0 Å². The lowest BCUT2D eigenvalue weighted by Crippen LogP contribution is -2.43. The van der Waals surface area contributed by atoms with Gasteiger partial charge in [-0.3, -0.25) is 0 Å². The third-order valence-electron chi connectivity index (χ3n) is 1.93. The molecule has 0 bridgehead atoms. The van der Waals surface area contributed by atoms with E-state index >= 15 is 0 Å². The van der Waals surface area contributed by atoms with Gasteiger partial charge in [0.2, 0.25) is 0 Å². The van der Waals surface area contributed by atoms with Crippen LogP contribution in [0.25, 0.3) is 0 Å². The normalized spacial score (nSPS) is 19.5. The summed E-state index contributed by atoms with van der Waals surface area (Å²) >= 11 is 0. The molecule has 0 aromatic rings. The predicted molar refractivity (Wildman–Crippen MR) is 39.8 cm³/mol. The molecule has 0 aromatic carbocycles. The van der Waals surface area contributed by atoms with E-state index in [0.29, 0.717) is 5.54 Å². The molecule has 60 valence electrons. The molecule has 0 saturated heterocycles. The van der Waals surface area contributed by atoms with Gasteiger partial charge in [-0.15, -0.1) is 0 Å². The van der Waals surface area contributed by atoms with E-state index in [-0.39, 0.29) is 0 Å². The largest absolute Gasteiger partial charge is 0.503 e. The molecule has 0 radical (unpaired) electrons. The average molecular weight is 162 g/mol. The summed E-state index contributed by atoms with van der Waals surface area (Å²) in [6.45, 7) is 0.